The van der Waals surface area contributed by atoms with Crippen molar-refractivity contribution in [3.05, 3.63) is 28.8 Å². The summed E-state index contributed by atoms with van der Waals surface area (Å²) in [5.74, 6) is -2.59. The smallest absolute Gasteiger partial charge is 0.355 e. The third-order valence-electron chi connectivity index (χ3n) is 4.63. The summed E-state index contributed by atoms with van der Waals surface area (Å²) in [6.07, 6.45) is 0. The predicted octanol–water partition coefficient (Wildman–Crippen LogP) is 0.992. The molecule has 0 bridgehead atoms. The van der Waals surface area contributed by atoms with Gasteiger partial charge in [0.2, 0.25) is 5.91 Å². The van der Waals surface area contributed by atoms with E-state index < -0.39 is 29.2 Å². The number of hydrazone groups is 1. The minimum absolute atomic E-state index is 0.0664. The standard InChI is InChI=1S/C17H19N3O4/c1-8-6-9(2)13(10(3)7-8)20-14(21)11-12(15(22)24-5)18-19-17(11,4)16(20)23/h6-7,11,19H,1-5H3/t11-,17-/m0/s1. The summed E-state index contributed by atoms with van der Waals surface area (Å²) < 4.78 is 4.68. The number of hydrogen-bond acceptors (Lipinski definition) is 6. The van der Waals surface area contributed by atoms with E-state index in [0.29, 0.717) is 5.69 Å². The van der Waals surface area contributed by atoms with Crippen LogP contribution in [0.15, 0.2) is 17.2 Å². The number of carbonyl (C=O) groups is 3. The zero-order valence-corrected chi connectivity index (χ0v) is 14.3. The molecule has 0 saturated carbocycles. The number of hydrogen-bond donors (Lipinski definition) is 1. The third kappa shape index (κ3) is 1.97. The molecule has 1 N–H and O–H groups in total. The van der Waals surface area contributed by atoms with Gasteiger partial charge >= 0.3 is 5.97 Å². The van der Waals surface area contributed by atoms with E-state index in [1.54, 1.807) is 6.92 Å². The van der Waals surface area contributed by atoms with E-state index in [9.17, 15) is 14.4 Å². The van der Waals surface area contributed by atoms with Gasteiger partial charge in [-0.25, -0.2) is 9.69 Å². The first-order valence-corrected chi connectivity index (χ1v) is 7.61. The maximum absolute atomic E-state index is 13.0. The second kappa shape index (κ2) is 5.15. The summed E-state index contributed by atoms with van der Waals surface area (Å²) >= 11 is 0. The van der Waals surface area contributed by atoms with Gasteiger partial charge in [0, 0.05) is 0 Å². The van der Waals surface area contributed by atoms with Crippen LogP contribution in [0.25, 0.3) is 0 Å². The van der Waals surface area contributed by atoms with Crippen molar-refractivity contribution in [2.24, 2.45) is 11.0 Å². The Morgan fingerprint density at radius 3 is 2.38 bits per heavy atom. The van der Waals surface area contributed by atoms with Gasteiger partial charge in [-0.15, -0.1) is 0 Å². The van der Waals surface area contributed by atoms with E-state index in [1.165, 1.54) is 12.0 Å². The summed E-state index contributed by atoms with van der Waals surface area (Å²) in [5, 5.41) is 3.87. The molecule has 2 atom stereocenters. The molecule has 2 aliphatic heterocycles. The van der Waals surface area contributed by atoms with Crippen LogP contribution in [0.5, 0.6) is 0 Å². The van der Waals surface area contributed by atoms with Crippen molar-refractivity contribution in [3.8, 4) is 0 Å². The lowest BCUT2D eigenvalue weighted by Crippen LogP contribution is -2.48. The highest BCUT2D eigenvalue weighted by molar-refractivity contribution is 6.47. The highest BCUT2D eigenvalue weighted by Crippen LogP contribution is 2.40. The van der Waals surface area contributed by atoms with Crippen LogP contribution >= 0.6 is 0 Å². The third-order valence-corrected chi connectivity index (χ3v) is 4.63. The van der Waals surface area contributed by atoms with E-state index in [0.717, 1.165) is 16.7 Å². The molecule has 0 spiro atoms. The Kier molecular flexibility index (Phi) is 3.47. The number of anilines is 1. The quantitative estimate of drug-likeness (QED) is 0.646. The van der Waals surface area contributed by atoms with E-state index in [4.69, 9.17) is 0 Å². The van der Waals surface area contributed by atoms with Crippen molar-refractivity contribution in [2.75, 3.05) is 12.0 Å². The Morgan fingerprint density at radius 2 is 1.83 bits per heavy atom. The lowest BCUT2D eigenvalue weighted by atomic mass is 9.86. The molecule has 0 radical (unpaired) electrons. The van der Waals surface area contributed by atoms with Gasteiger partial charge in [-0.2, -0.15) is 5.10 Å². The number of benzene rings is 1. The lowest BCUT2D eigenvalue weighted by Gasteiger charge is -2.23. The van der Waals surface area contributed by atoms with Crippen LogP contribution in [0, 0.1) is 26.7 Å². The monoisotopic (exact) mass is 329 g/mol. The Balaban J connectivity index is 2.12. The first-order chi connectivity index (χ1) is 11.2. The molecule has 3 rings (SSSR count). The molecule has 0 aromatic heterocycles. The summed E-state index contributed by atoms with van der Waals surface area (Å²) in [7, 11) is 1.22. The average Bonchev–Trinajstić information content (AvgIpc) is 2.95. The topological polar surface area (TPSA) is 88.1 Å². The zero-order chi connectivity index (χ0) is 17.8. The van der Waals surface area contributed by atoms with Crippen LogP contribution in [-0.4, -0.2) is 36.1 Å². The van der Waals surface area contributed by atoms with Gasteiger partial charge < -0.3 is 4.74 Å². The van der Waals surface area contributed by atoms with Crippen LogP contribution < -0.4 is 10.3 Å². The van der Waals surface area contributed by atoms with Crippen molar-refractivity contribution < 1.29 is 19.1 Å². The molecule has 1 fully saturated rings. The van der Waals surface area contributed by atoms with Gasteiger partial charge in [0.15, 0.2) is 5.71 Å². The number of methoxy groups -OCH3 is 1. The number of nitrogens with one attached hydrogen (secondary N) is 1. The average molecular weight is 329 g/mol. The summed E-state index contributed by atoms with van der Waals surface area (Å²) in [6.45, 7) is 7.25. The number of fused-ring (bicyclic) bond motifs is 1. The maximum atomic E-state index is 13.0. The molecular weight excluding hydrogens is 310 g/mol. The zero-order valence-electron chi connectivity index (χ0n) is 14.3. The molecule has 1 aromatic carbocycles. The summed E-state index contributed by atoms with van der Waals surface area (Å²) in [5.41, 5.74) is 4.60. The normalized spacial score (nSPS) is 25.5. The SMILES string of the molecule is COC(=O)C1=NN[C@]2(C)C(=O)N(c3c(C)cc(C)cc3C)C(=O)[C@H]12. The van der Waals surface area contributed by atoms with Crippen LogP contribution in [0.4, 0.5) is 5.69 Å². The highest BCUT2D eigenvalue weighted by atomic mass is 16.5. The minimum atomic E-state index is -1.27. The number of carbonyl (C=O) groups excluding carboxylic acids is 3. The number of ether oxygens (including phenoxy) is 1. The molecule has 7 heteroatoms. The van der Waals surface area contributed by atoms with Crippen molar-refractivity contribution in [3.63, 3.8) is 0 Å². The number of nitrogens with zero attached hydrogens (tertiary/aromatic N) is 2. The van der Waals surface area contributed by atoms with Gasteiger partial charge in [0.05, 0.1) is 12.8 Å². The van der Waals surface area contributed by atoms with Crippen LogP contribution in [0.3, 0.4) is 0 Å². The van der Waals surface area contributed by atoms with Gasteiger partial charge in [-0.1, -0.05) is 17.7 Å². The predicted molar refractivity (Wildman–Crippen MR) is 87.6 cm³/mol. The van der Waals surface area contributed by atoms with E-state index in [2.05, 4.69) is 15.3 Å². The molecule has 2 aliphatic rings. The fourth-order valence-corrected chi connectivity index (χ4v) is 3.58. The fraction of sp³-hybridized carbons (Fsp3) is 0.412. The summed E-state index contributed by atoms with van der Waals surface area (Å²) in [6, 6.07) is 3.84. The van der Waals surface area contributed by atoms with Gasteiger partial charge in [0.1, 0.15) is 11.5 Å². The van der Waals surface area contributed by atoms with Crippen molar-refractivity contribution >= 4 is 29.2 Å². The minimum Gasteiger partial charge on any atom is -0.464 e. The Labute approximate surface area is 139 Å². The molecule has 2 amide bonds. The number of esters is 1. The fourth-order valence-electron chi connectivity index (χ4n) is 3.58. The number of aryl methyl sites for hydroxylation is 3. The van der Waals surface area contributed by atoms with Crippen LogP contribution in [0.1, 0.15) is 23.6 Å². The van der Waals surface area contributed by atoms with E-state index >= 15 is 0 Å². The Bertz CT molecular complexity index is 791. The van der Waals surface area contributed by atoms with E-state index in [1.807, 2.05) is 32.9 Å². The van der Waals surface area contributed by atoms with Crippen molar-refractivity contribution in [1.82, 2.24) is 5.43 Å². The number of rotatable bonds is 2. The molecule has 0 aliphatic carbocycles. The number of imide groups is 1. The van der Waals surface area contributed by atoms with Crippen molar-refractivity contribution in [2.45, 2.75) is 33.2 Å². The maximum Gasteiger partial charge on any atom is 0.355 e. The molecule has 126 valence electrons. The van der Waals surface area contributed by atoms with E-state index in [-0.39, 0.29) is 5.71 Å². The molecule has 2 heterocycles. The Hall–Kier alpha value is -2.70. The van der Waals surface area contributed by atoms with Gasteiger partial charge in [0.25, 0.3) is 5.91 Å². The first-order valence-electron chi connectivity index (χ1n) is 7.61. The molecule has 1 aromatic rings. The summed E-state index contributed by atoms with van der Waals surface area (Å²) in [4.78, 5) is 39.0. The second-order valence-corrected chi connectivity index (χ2v) is 6.46. The Morgan fingerprint density at radius 1 is 1.25 bits per heavy atom. The number of amides is 2. The largest absolute Gasteiger partial charge is 0.464 e. The molecule has 24 heavy (non-hydrogen) atoms. The van der Waals surface area contributed by atoms with Gasteiger partial charge in [-0.3, -0.25) is 15.0 Å². The molecular formula is C17H19N3O4. The molecule has 7 nitrogen and oxygen atoms in total. The first kappa shape index (κ1) is 16.2. The van der Waals surface area contributed by atoms with Crippen LogP contribution in [0.2, 0.25) is 0 Å². The van der Waals surface area contributed by atoms with Crippen molar-refractivity contribution in [1.29, 1.82) is 0 Å². The lowest BCUT2D eigenvalue weighted by molar-refractivity contribution is -0.133. The molecule has 0 unspecified atom stereocenters. The van der Waals surface area contributed by atoms with Gasteiger partial charge in [-0.05, 0) is 38.8 Å². The molecule has 1 saturated heterocycles. The second-order valence-electron chi connectivity index (χ2n) is 6.46. The van der Waals surface area contributed by atoms with Crippen LogP contribution in [-0.2, 0) is 19.1 Å². The highest BCUT2D eigenvalue weighted by Gasteiger charge is 2.64.